The molecule has 0 aliphatic heterocycles. The minimum Gasteiger partial charge on any atom is -0.459 e. The molecule has 0 aliphatic carbocycles. The summed E-state index contributed by atoms with van der Waals surface area (Å²) >= 11 is 1.41. The fourth-order valence-electron chi connectivity index (χ4n) is 1.98. The number of ether oxygens (including phenoxy) is 1. The smallest absolute Gasteiger partial charge is 0.307 e. The van der Waals surface area contributed by atoms with Crippen LogP contribution in [-0.2, 0) is 22.7 Å². The van der Waals surface area contributed by atoms with Crippen molar-refractivity contribution in [2.75, 3.05) is 0 Å². The molecule has 3 rings (SSSR count). The van der Waals surface area contributed by atoms with Crippen molar-refractivity contribution in [3.05, 3.63) is 45.6 Å². The molecule has 114 valence electrons. The highest BCUT2D eigenvalue weighted by molar-refractivity contribution is 7.16. The van der Waals surface area contributed by atoms with Crippen LogP contribution in [0, 0.1) is 6.92 Å². The van der Waals surface area contributed by atoms with Gasteiger partial charge in [-0.3, -0.25) is 14.2 Å². The van der Waals surface area contributed by atoms with Gasteiger partial charge in [-0.15, -0.1) is 11.3 Å². The number of thiophene rings is 1. The summed E-state index contributed by atoms with van der Waals surface area (Å²) in [4.78, 5) is 28.7. The first-order chi connectivity index (χ1) is 10.6. The van der Waals surface area contributed by atoms with E-state index in [0.717, 1.165) is 0 Å². The third-order valence-corrected chi connectivity index (χ3v) is 3.89. The van der Waals surface area contributed by atoms with E-state index in [-0.39, 0.29) is 25.1 Å². The van der Waals surface area contributed by atoms with Crippen molar-refractivity contribution in [2.45, 2.75) is 26.5 Å². The SMILES string of the molecule is Cc1cc(COC(=O)CCn2cnc3sccc3c2=O)no1. The molecule has 3 aromatic heterocycles. The molecule has 0 amide bonds. The summed E-state index contributed by atoms with van der Waals surface area (Å²) in [5, 5.41) is 6.12. The minimum atomic E-state index is -0.405. The first-order valence-corrected chi connectivity index (χ1v) is 7.52. The van der Waals surface area contributed by atoms with Crippen LogP contribution in [-0.4, -0.2) is 20.7 Å². The van der Waals surface area contributed by atoms with Gasteiger partial charge in [0.25, 0.3) is 5.56 Å². The van der Waals surface area contributed by atoms with Crippen molar-refractivity contribution in [1.82, 2.24) is 14.7 Å². The molecule has 0 fully saturated rings. The Balaban J connectivity index is 1.58. The van der Waals surface area contributed by atoms with Crippen LogP contribution >= 0.6 is 11.3 Å². The lowest BCUT2D eigenvalue weighted by atomic mass is 10.3. The number of aryl methyl sites for hydroxylation is 2. The number of nitrogens with zero attached hydrogens (tertiary/aromatic N) is 3. The van der Waals surface area contributed by atoms with E-state index in [4.69, 9.17) is 9.26 Å². The fourth-order valence-corrected chi connectivity index (χ4v) is 2.70. The van der Waals surface area contributed by atoms with Crippen molar-refractivity contribution in [2.24, 2.45) is 0 Å². The maximum atomic E-state index is 12.1. The summed E-state index contributed by atoms with van der Waals surface area (Å²) in [7, 11) is 0. The molecule has 0 spiro atoms. The quantitative estimate of drug-likeness (QED) is 0.667. The average molecular weight is 319 g/mol. The molecule has 0 unspecified atom stereocenters. The molecule has 7 nitrogen and oxygen atoms in total. The van der Waals surface area contributed by atoms with Gasteiger partial charge < -0.3 is 9.26 Å². The predicted octanol–water partition coefficient (Wildman–Crippen LogP) is 1.89. The molecule has 0 aromatic carbocycles. The van der Waals surface area contributed by atoms with Gasteiger partial charge in [0.05, 0.1) is 18.1 Å². The zero-order chi connectivity index (χ0) is 15.5. The summed E-state index contributed by atoms with van der Waals surface area (Å²) in [6, 6.07) is 3.43. The number of hydrogen-bond acceptors (Lipinski definition) is 7. The monoisotopic (exact) mass is 319 g/mol. The average Bonchev–Trinajstić information content (AvgIpc) is 3.13. The first kappa shape index (κ1) is 14.5. The predicted molar refractivity (Wildman–Crippen MR) is 79.5 cm³/mol. The molecule has 0 N–H and O–H groups in total. The Bertz CT molecular complexity index is 864. The molecule has 0 saturated heterocycles. The highest BCUT2D eigenvalue weighted by Gasteiger charge is 2.09. The topological polar surface area (TPSA) is 87.2 Å². The Morgan fingerprint density at radius 3 is 3.14 bits per heavy atom. The second-order valence-electron chi connectivity index (χ2n) is 4.72. The third kappa shape index (κ3) is 3.06. The molecule has 0 aliphatic rings. The molecule has 0 saturated carbocycles. The molecule has 0 radical (unpaired) electrons. The minimum absolute atomic E-state index is 0.0624. The van der Waals surface area contributed by atoms with Crippen LogP contribution in [0.25, 0.3) is 10.2 Å². The Morgan fingerprint density at radius 2 is 2.36 bits per heavy atom. The van der Waals surface area contributed by atoms with E-state index in [1.54, 1.807) is 19.1 Å². The lowest BCUT2D eigenvalue weighted by molar-refractivity contribution is -0.145. The third-order valence-electron chi connectivity index (χ3n) is 3.07. The molecule has 3 heterocycles. The molecule has 3 aromatic rings. The van der Waals surface area contributed by atoms with Crippen LogP contribution in [0.1, 0.15) is 17.9 Å². The van der Waals surface area contributed by atoms with Crippen LogP contribution in [0.2, 0.25) is 0 Å². The second kappa shape index (κ2) is 6.10. The van der Waals surface area contributed by atoms with Crippen LogP contribution in [0.3, 0.4) is 0 Å². The fraction of sp³-hybridized carbons (Fsp3) is 0.286. The van der Waals surface area contributed by atoms with Gasteiger partial charge in [-0.2, -0.15) is 0 Å². The Morgan fingerprint density at radius 1 is 1.50 bits per heavy atom. The summed E-state index contributed by atoms with van der Waals surface area (Å²) in [5.41, 5.74) is 0.413. The lowest BCUT2D eigenvalue weighted by Crippen LogP contribution is -2.21. The lowest BCUT2D eigenvalue weighted by Gasteiger charge is -2.05. The van der Waals surface area contributed by atoms with Crippen molar-refractivity contribution in [1.29, 1.82) is 0 Å². The van der Waals surface area contributed by atoms with Gasteiger partial charge in [0.1, 0.15) is 22.9 Å². The van der Waals surface area contributed by atoms with E-state index in [1.807, 2.05) is 5.38 Å². The number of carbonyl (C=O) groups excluding carboxylic acids is 1. The molecular weight excluding hydrogens is 306 g/mol. The van der Waals surface area contributed by atoms with Crippen LogP contribution < -0.4 is 5.56 Å². The molecule has 22 heavy (non-hydrogen) atoms. The van der Waals surface area contributed by atoms with Gasteiger partial charge >= 0.3 is 5.97 Å². The van der Waals surface area contributed by atoms with Crippen molar-refractivity contribution in [3.63, 3.8) is 0 Å². The largest absolute Gasteiger partial charge is 0.459 e. The van der Waals surface area contributed by atoms with E-state index in [0.29, 0.717) is 21.7 Å². The zero-order valence-corrected chi connectivity index (χ0v) is 12.6. The first-order valence-electron chi connectivity index (χ1n) is 6.64. The standard InChI is InChI=1S/C14H13N3O4S/c1-9-6-10(16-21-9)7-20-12(18)2-4-17-8-15-13-11(14(17)19)3-5-22-13/h3,5-6,8H,2,4,7H2,1H3. The highest BCUT2D eigenvalue weighted by atomic mass is 32.1. The Kier molecular flexibility index (Phi) is 4.01. The number of fused-ring (bicyclic) bond motifs is 1. The summed E-state index contributed by atoms with van der Waals surface area (Å²) in [6.07, 6.45) is 1.55. The van der Waals surface area contributed by atoms with Gasteiger partial charge in [0.2, 0.25) is 0 Å². The number of hydrogen-bond donors (Lipinski definition) is 0. The van der Waals surface area contributed by atoms with Crippen molar-refractivity contribution < 1.29 is 14.1 Å². The van der Waals surface area contributed by atoms with Gasteiger partial charge in [-0.05, 0) is 18.4 Å². The maximum Gasteiger partial charge on any atom is 0.307 e. The van der Waals surface area contributed by atoms with E-state index in [2.05, 4.69) is 10.1 Å². The summed E-state index contributed by atoms with van der Waals surface area (Å²) in [5.74, 6) is 0.255. The van der Waals surface area contributed by atoms with Gasteiger partial charge in [0.15, 0.2) is 0 Å². The normalized spacial score (nSPS) is 11.0. The number of esters is 1. The van der Waals surface area contributed by atoms with E-state index in [1.165, 1.54) is 22.2 Å². The van der Waals surface area contributed by atoms with Crippen LogP contribution in [0.5, 0.6) is 0 Å². The maximum absolute atomic E-state index is 12.1. The van der Waals surface area contributed by atoms with E-state index < -0.39 is 5.97 Å². The Hall–Kier alpha value is -2.48. The number of rotatable bonds is 5. The molecular formula is C14H13N3O4S. The zero-order valence-electron chi connectivity index (χ0n) is 11.8. The number of carbonyl (C=O) groups is 1. The van der Waals surface area contributed by atoms with E-state index in [9.17, 15) is 9.59 Å². The molecule has 0 bridgehead atoms. The molecule has 8 heteroatoms. The molecule has 0 atom stereocenters. The van der Waals surface area contributed by atoms with Gasteiger partial charge in [-0.1, -0.05) is 5.16 Å². The number of aromatic nitrogens is 3. The van der Waals surface area contributed by atoms with E-state index >= 15 is 0 Å². The van der Waals surface area contributed by atoms with Crippen molar-refractivity contribution >= 4 is 27.5 Å². The van der Waals surface area contributed by atoms with Crippen LogP contribution in [0.15, 0.2) is 33.2 Å². The van der Waals surface area contributed by atoms with Crippen LogP contribution in [0.4, 0.5) is 0 Å². The van der Waals surface area contributed by atoms with Gasteiger partial charge in [0, 0.05) is 12.6 Å². The summed E-state index contributed by atoms with van der Waals surface area (Å²) in [6.45, 7) is 2.06. The second-order valence-corrected chi connectivity index (χ2v) is 5.62. The van der Waals surface area contributed by atoms with Crippen molar-refractivity contribution in [3.8, 4) is 0 Å². The Labute approximate surface area is 129 Å². The van der Waals surface area contributed by atoms with Gasteiger partial charge in [-0.25, -0.2) is 4.98 Å². The highest BCUT2D eigenvalue weighted by Crippen LogP contribution is 2.13. The summed E-state index contributed by atoms with van der Waals surface area (Å²) < 4.78 is 11.4.